The molecule has 0 aromatic carbocycles. The van der Waals surface area contributed by atoms with E-state index in [0.29, 0.717) is 5.41 Å². The molecule has 0 unspecified atom stereocenters. The number of aromatic nitrogens is 2. The third kappa shape index (κ3) is 1.99. The van der Waals surface area contributed by atoms with Crippen LogP contribution in [0.3, 0.4) is 0 Å². The Hall–Kier alpha value is -0.640. The summed E-state index contributed by atoms with van der Waals surface area (Å²) in [6.45, 7) is 5.26. The van der Waals surface area contributed by atoms with Gasteiger partial charge < -0.3 is 5.32 Å². The summed E-state index contributed by atoms with van der Waals surface area (Å²) in [4.78, 5) is 4.27. The molecule has 0 bridgehead atoms. The Balaban J connectivity index is 1.86. The molecule has 72 valence electrons. The van der Waals surface area contributed by atoms with Crippen LogP contribution in [0.1, 0.15) is 32.0 Å². The lowest BCUT2D eigenvalue weighted by atomic mass is 10.0. The standard InChI is InChI=1S/C9H15N3S/c1-3-9(4-5-9)6-10-8-11-7(2)12-13-8/h3-6H2,1-2H3,(H,10,11,12). The van der Waals surface area contributed by atoms with E-state index in [-0.39, 0.29) is 0 Å². The van der Waals surface area contributed by atoms with E-state index >= 15 is 0 Å². The third-order valence-electron chi connectivity index (χ3n) is 2.85. The van der Waals surface area contributed by atoms with Gasteiger partial charge in [-0.1, -0.05) is 6.92 Å². The average molecular weight is 197 g/mol. The highest BCUT2D eigenvalue weighted by Gasteiger charge is 2.40. The summed E-state index contributed by atoms with van der Waals surface area (Å²) in [6.07, 6.45) is 4.01. The highest BCUT2D eigenvalue weighted by molar-refractivity contribution is 7.09. The summed E-state index contributed by atoms with van der Waals surface area (Å²) in [5, 5.41) is 4.33. The normalized spacial score (nSPS) is 18.6. The second-order valence-electron chi connectivity index (χ2n) is 3.85. The van der Waals surface area contributed by atoms with Gasteiger partial charge in [-0.15, -0.1) is 0 Å². The first-order valence-electron chi connectivity index (χ1n) is 4.78. The van der Waals surface area contributed by atoms with Gasteiger partial charge in [-0.25, -0.2) is 4.98 Å². The van der Waals surface area contributed by atoms with Gasteiger partial charge in [0, 0.05) is 18.1 Å². The van der Waals surface area contributed by atoms with Crippen molar-refractivity contribution in [3.8, 4) is 0 Å². The predicted molar refractivity (Wildman–Crippen MR) is 55.1 cm³/mol. The summed E-state index contributed by atoms with van der Waals surface area (Å²) in [7, 11) is 0. The molecule has 0 aliphatic heterocycles. The van der Waals surface area contributed by atoms with Crippen LogP contribution >= 0.6 is 11.5 Å². The van der Waals surface area contributed by atoms with Crippen molar-refractivity contribution < 1.29 is 0 Å². The molecule has 1 aromatic heterocycles. The molecule has 0 saturated heterocycles. The first kappa shape index (κ1) is 8.94. The fourth-order valence-electron chi connectivity index (χ4n) is 1.46. The molecule has 0 radical (unpaired) electrons. The molecule has 4 heteroatoms. The van der Waals surface area contributed by atoms with Crippen LogP contribution in [0.4, 0.5) is 5.13 Å². The molecule has 3 nitrogen and oxygen atoms in total. The maximum atomic E-state index is 4.27. The zero-order valence-electron chi connectivity index (χ0n) is 8.13. The molecule has 1 saturated carbocycles. The third-order valence-corrected chi connectivity index (χ3v) is 3.61. The molecule has 1 aliphatic carbocycles. The molecular weight excluding hydrogens is 182 g/mol. The van der Waals surface area contributed by atoms with Gasteiger partial charge in [-0.05, 0) is 31.6 Å². The smallest absolute Gasteiger partial charge is 0.202 e. The van der Waals surface area contributed by atoms with E-state index in [4.69, 9.17) is 0 Å². The van der Waals surface area contributed by atoms with Crippen molar-refractivity contribution in [1.82, 2.24) is 9.36 Å². The molecule has 1 N–H and O–H groups in total. The van der Waals surface area contributed by atoms with Gasteiger partial charge in [0.1, 0.15) is 5.82 Å². The van der Waals surface area contributed by atoms with Gasteiger partial charge in [0.15, 0.2) is 0 Å². The van der Waals surface area contributed by atoms with Gasteiger partial charge in [-0.2, -0.15) is 4.37 Å². The van der Waals surface area contributed by atoms with Crippen molar-refractivity contribution in [2.75, 3.05) is 11.9 Å². The summed E-state index contributed by atoms with van der Waals surface area (Å²) in [5.74, 6) is 0.869. The van der Waals surface area contributed by atoms with Gasteiger partial charge in [0.25, 0.3) is 0 Å². The maximum Gasteiger partial charge on any atom is 0.202 e. The summed E-state index contributed by atoms with van der Waals surface area (Å²) < 4.78 is 4.13. The average Bonchev–Trinajstić information content (AvgIpc) is 2.81. The molecule has 1 aromatic rings. The van der Waals surface area contributed by atoms with Crippen LogP contribution in [0.15, 0.2) is 0 Å². The van der Waals surface area contributed by atoms with Crippen molar-refractivity contribution in [1.29, 1.82) is 0 Å². The summed E-state index contributed by atoms with van der Waals surface area (Å²) in [6, 6.07) is 0. The van der Waals surface area contributed by atoms with Crippen LogP contribution in [0.25, 0.3) is 0 Å². The van der Waals surface area contributed by atoms with Crippen LogP contribution in [-0.2, 0) is 0 Å². The van der Waals surface area contributed by atoms with Crippen LogP contribution < -0.4 is 5.32 Å². The zero-order chi connectivity index (χ0) is 9.31. The van der Waals surface area contributed by atoms with E-state index < -0.39 is 0 Å². The SMILES string of the molecule is CCC1(CNc2nc(C)ns2)CC1. The fourth-order valence-corrected chi connectivity index (χ4v) is 2.03. The maximum absolute atomic E-state index is 4.27. The topological polar surface area (TPSA) is 37.8 Å². The van der Waals surface area contributed by atoms with Gasteiger partial charge in [-0.3, -0.25) is 0 Å². The van der Waals surface area contributed by atoms with Gasteiger partial charge in [0.2, 0.25) is 5.13 Å². The van der Waals surface area contributed by atoms with E-state index in [1.165, 1.54) is 30.8 Å². The Morgan fingerprint density at radius 2 is 2.31 bits per heavy atom. The second-order valence-corrected chi connectivity index (χ2v) is 4.61. The van der Waals surface area contributed by atoms with E-state index in [0.717, 1.165) is 17.5 Å². The van der Waals surface area contributed by atoms with E-state index in [1.54, 1.807) is 0 Å². The molecule has 0 spiro atoms. The number of aryl methyl sites for hydroxylation is 1. The Kier molecular flexibility index (Phi) is 2.24. The first-order chi connectivity index (χ1) is 6.24. The lowest BCUT2D eigenvalue weighted by Crippen LogP contribution is -2.14. The number of rotatable bonds is 4. The molecule has 13 heavy (non-hydrogen) atoms. The van der Waals surface area contributed by atoms with Gasteiger partial charge in [0.05, 0.1) is 0 Å². The van der Waals surface area contributed by atoms with Crippen LogP contribution in [0, 0.1) is 12.3 Å². The van der Waals surface area contributed by atoms with Gasteiger partial charge >= 0.3 is 0 Å². The summed E-state index contributed by atoms with van der Waals surface area (Å²) in [5.41, 5.74) is 0.583. The van der Waals surface area contributed by atoms with Crippen LogP contribution in [-0.4, -0.2) is 15.9 Å². The molecule has 0 atom stereocenters. The Bertz CT molecular complexity index is 291. The van der Waals surface area contributed by atoms with Crippen LogP contribution in [0.5, 0.6) is 0 Å². The van der Waals surface area contributed by atoms with E-state index in [1.807, 2.05) is 6.92 Å². The number of hydrogen-bond donors (Lipinski definition) is 1. The Morgan fingerprint density at radius 3 is 2.77 bits per heavy atom. The predicted octanol–water partition coefficient (Wildman–Crippen LogP) is 2.45. The lowest BCUT2D eigenvalue weighted by molar-refractivity contribution is 0.521. The number of nitrogens with zero attached hydrogens (tertiary/aromatic N) is 2. The van der Waals surface area contributed by atoms with E-state index in [2.05, 4.69) is 21.6 Å². The molecule has 1 aliphatic rings. The van der Waals surface area contributed by atoms with Crippen LogP contribution in [0.2, 0.25) is 0 Å². The highest BCUT2D eigenvalue weighted by atomic mass is 32.1. The quantitative estimate of drug-likeness (QED) is 0.805. The van der Waals surface area contributed by atoms with Crippen molar-refractivity contribution in [2.24, 2.45) is 5.41 Å². The Labute approximate surface area is 82.8 Å². The number of nitrogens with one attached hydrogen (secondary N) is 1. The second kappa shape index (κ2) is 3.25. The van der Waals surface area contributed by atoms with Crippen molar-refractivity contribution >= 4 is 16.7 Å². The zero-order valence-corrected chi connectivity index (χ0v) is 8.95. The monoisotopic (exact) mass is 197 g/mol. The van der Waals surface area contributed by atoms with Crippen molar-refractivity contribution in [3.63, 3.8) is 0 Å². The number of hydrogen-bond acceptors (Lipinski definition) is 4. The molecule has 0 amide bonds. The van der Waals surface area contributed by atoms with Crippen molar-refractivity contribution in [3.05, 3.63) is 5.82 Å². The fraction of sp³-hybridized carbons (Fsp3) is 0.778. The highest BCUT2D eigenvalue weighted by Crippen LogP contribution is 2.48. The Morgan fingerprint density at radius 1 is 1.54 bits per heavy atom. The molecule has 1 fully saturated rings. The van der Waals surface area contributed by atoms with E-state index in [9.17, 15) is 0 Å². The minimum absolute atomic E-state index is 0.583. The summed E-state index contributed by atoms with van der Waals surface area (Å²) >= 11 is 1.46. The lowest BCUT2D eigenvalue weighted by Gasteiger charge is -2.11. The molecular formula is C9H15N3S. The van der Waals surface area contributed by atoms with Crippen molar-refractivity contribution in [2.45, 2.75) is 33.1 Å². The first-order valence-corrected chi connectivity index (χ1v) is 5.56. The molecule has 1 heterocycles. The number of anilines is 1. The minimum Gasteiger partial charge on any atom is -0.360 e. The molecule has 2 rings (SSSR count). The largest absolute Gasteiger partial charge is 0.360 e. The minimum atomic E-state index is 0.583.